The van der Waals surface area contributed by atoms with Crippen LogP contribution in [0.3, 0.4) is 0 Å². The van der Waals surface area contributed by atoms with E-state index in [1.807, 2.05) is 28.5 Å². The van der Waals surface area contributed by atoms with Crippen LogP contribution < -0.4 is 5.32 Å². The van der Waals surface area contributed by atoms with Gasteiger partial charge < -0.3 is 19.7 Å². The summed E-state index contributed by atoms with van der Waals surface area (Å²) >= 11 is 2.96. The van der Waals surface area contributed by atoms with E-state index in [9.17, 15) is 19.1 Å². The third kappa shape index (κ3) is 7.06. The monoisotopic (exact) mass is 554 g/mol. The van der Waals surface area contributed by atoms with E-state index in [0.29, 0.717) is 36.5 Å². The van der Waals surface area contributed by atoms with Crippen molar-refractivity contribution >= 4 is 35.0 Å². The summed E-state index contributed by atoms with van der Waals surface area (Å²) in [5.74, 6) is -1.42. The normalized spacial score (nSPS) is 12.7. The van der Waals surface area contributed by atoms with E-state index in [1.54, 1.807) is 43.0 Å². The SMILES string of the molecule is CSCC[C@H](NC(=O)c1ccc(C(OCCn2ccnc2)c2nccs2)cc1-c1ccc(F)cc1)C(=O)O. The third-order valence-electron chi connectivity index (χ3n) is 5.83. The van der Waals surface area contributed by atoms with Crippen molar-refractivity contribution in [3.8, 4) is 11.1 Å². The van der Waals surface area contributed by atoms with Gasteiger partial charge in [-0.25, -0.2) is 19.2 Å². The molecule has 8 nitrogen and oxygen atoms in total. The molecule has 2 heterocycles. The number of nitrogens with one attached hydrogen (secondary N) is 1. The number of hydrogen-bond acceptors (Lipinski definition) is 7. The first-order valence-electron chi connectivity index (χ1n) is 11.9. The number of benzene rings is 2. The maximum absolute atomic E-state index is 13.7. The molecule has 0 saturated heterocycles. The summed E-state index contributed by atoms with van der Waals surface area (Å²) in [5, 5.41) is 14.8. The molecule has 4 rings (SSSR count). The largest absolute Gasteiger partial charge is 0.480 e. The molecule has 2 N–H and O–H groups in total. The predicted molar refractivity (Wildman–Crippen MR) is 146 cm³/mol. The first kappa shape index (κ1) is 27.5. The molecule has 2 aromatic heterocycles. The number of hydrogen-bond donors (Lipinski definition) is 2. The summed E-state index contributed by atoms with van der Waals surface area (Å²) in [4.78, 5) is 33.5. The number of carbonyl (C=O) groups is 2. The molecule has 198 valence electrons. The van der Waals surface area contributed by atoms with Gasteiger partial charge in [0.15, 0.2) is 0 Å². The van der Waals surface area contributed by atoms with Gasteiger partial charge in [-0.05, 0) is 59.4 Å². The minimum atomic E-state index is -1.09. The van der Waals surface area contributed by atoms with Gasteiger partial charge in [-0.15, -0.1) is 11.3 Å². The lowest BCUT2D eigenvalue weighted by atomic mass is 9.94. The first-order valence-corrected chi connectivity index (χ1v) is 14.1. The van der Waals surface area contributed by atoms with Gasteiger partial charge >= 0.3 is 5.97 Å². The van der Waals surface area contributed by atoms with E-state index in [0.717, 1.165) is 10.6 Å². The van der Waals surface area contributed by atoms with E-state index < -0.39 is 29.8 Å². The summed E-state index contributed by atoms with van der Waals surface area (Å²) in [6.07, 6.45) is 8.65. The molecule has 11 heteroatoms. The van der Waals surface area contributed by atoms with Gasteiger partial charge in [0.25, 0.3) is 5.91 Å². The molecule has 2 atom stereocenters. The Morgan fingerprint density at radius 3 is 2.68 bits per heavy atom. The Morgan fingerprint density at radius 1 is 1.21 bits per heavy atom. The number of amides is 1. The smallest absolute Gasteiger partial charge is 0.326 e. The molecule has 0 bridgehead atoms. The minimum Gasteiger partial charge on any atom is -0.480 e. The quantitative estimate of drug-likeness (QED) is 0.242. The molecule has 0 saturated carbocycles. The number of aromatic nitrogens is 3. The summed E-state index contributed by atoms with van der Waals surface area (Å²) < 4.78 is 21.9. The number of nitrogens with zero attached hydrogens (tertiary/aromatic N) is 3. The number of carboxylic acid groups (broad SMARTS) is 1. The van der Waals surface area contributed by atoms with Crippen molar-refractivity contribution in [3.63, 3.8) is 0 Å². The molecule has 0 fully saturated rings. The van der Waals surface area contributed by atoms with E-state index in [1.165, 1.54) is 35.2 Å². The zero-order valence-electron chi connectivity index (χ0n) is 20.6. The van der Waals surface area contributed by atoms with Crippen LogP contribution in [-0.4, -0.2) is 56.2 Å². The standard InChI is InChI=1S/C27H27FN4O4S2/c1-37-14-8-23(27(34)35)31-25(33)21-7-4-19(16-22(21)18-2-5-20(28)6-3-18)24(26-30-10-15-38-26)36-13-12-32-11-9-29-17-32/h2-7,9-11,15-17,23-24H,8,12-14H2,1H3,(H,31,33)(H,34,35)/t23-,24?/m0/s1. The number of carboxylic acids is 1. The molecular formula is C27H27FN4O4S2. The van der Waals surface area contributed by atoms with Crippen molar-refractivity contribution in [2.75, 3.05) is 18.6 Å². The van der Waals surface area contributed by atoms with Gasteiger partial charge in [-0.3, -0.25) is 4.79 Å². The summed E-state index contributed by atoms with van der Waals surface area (Å²) in [6.45, 7) is 0.990. The lowest BCUT2D eigenvalue weighted by molar-refractivity contribution is -0.139. The van der Waals surface area contributed by atoms with Crippen LogP contribution in [0.5, 0.6) is 0 Å². The summed E-state index contributed by atoms with van der Waals surface area (Å²) in [6, 6.07) is 10.1. The maximum atomic E-state index is 13.7. The molecule has 1 amide bonds. The molecular weight excluding hydrogens is 527 g/mol. The van der Waals surface area contributed by atoms with E-state index in [-0.39, 0.29) is 5.56 Å². The van der Waals surface area contributed by atoms with Crippen LogP contribution in [0.25, 0.3) is 11.1 Å². The van der Waals surface area contributed by atoms with Gasteiger partial charge in [0.2, 0.25) is 0 Å². The lowest BCUT2D eigenvalue weighted by Gasteiger charge is -2.20. The second-order valence-corrected chi connectivity index (χ2v) is 10.3. The number of halogens is 1. The molecule has 38 heavy (non-hydrogen) atoms. The number of carbonyl (C=O) groups excluding carboxylic acids is 1. The van der Waals surface area contributed by atoms with Gasteiger partial charge in [0.1, 0.15) is 23.0 Å². The Hall–Kier alpha value is -3.54. The Balaban J connectivity index is 1.67. The highest BCUT2D eigenvalue weighted by atomic mass is 32.2. The van der Waals surface area contributed by atoms with E-state index >= 15 is 0 Å². The molecule has 0 radical (unpaired) electrons. The van der Waals surface area contributed by atoms with Gasteiger partial charge in [0.05, 0.1) is 12.9 Å². The highest BCUT2D eigenvalue weighted by Gasteiger charge is 2.24. The van der Waals surface area contributed by atoms with Crippen LogP contribution in [0.1, 0.15) is 33.5 Å². The summed E-state index contributed by atoms with van der Waals surface area (Å²) in [5.41, 5.74) is 2.20. The van der Waals surface area contributed by atoms with Crippen molar-refractivity contribution in [1.29, 1.82) is 0 Å². The fourth-order valence-corrected chi connectivity index (χ4v) is 5.07. The highest BCUT2D eigenvalue weighted by Crippen LogP contribution is 2.33. The van der Waals surface area contributed by atoms with Crippen molar-refractivity contribution in [3.05, 3.63) is 94.7 Å². The zero-order chi connectivity index (χ0) is 26.9. The zero-order valence-corrected chi connectivity index (χ0v) is 22.3. The van der Waals surface area contributed by atoms with Crippen LogP contribution in [-0.2, 0) is 16.1 Å². The number of ether oxygens (including phenoxy) is 1. The second kappa shape index (κ2) is 13.3. The van der Waals surface area contributed by atoms with Gasteiger partial charge in [0, 0.05) is 36.1 Å². The topological polar surface area (TPSA) is 106 Å². The first-order chi connectivity index (χ1) is 18.5. The van der Waals surface area contributed by atoms with Crippen LogP contribution in [0.15, 0.2) is 72.8 Å². The van der Waals surface area contributed by atoms with E-state index in [4.69, 9.17) is 4.74 Å². The Morgan fingerprint density at radius 2 is 2.03 bits per heavy atom. The minimum absolute atomic E-state index is 0.284. The molecule has 0 aliphatic rings. The molecule has 2 aromatic carbocycles. The highest BCUT2D eigenvalue weighted by molar-refractivity contribution is 7.98. The predicted octanol–water partition coefficient (Wildman–Crippen LogP) is 4.89. The maximum Gasteiger partial charge on any atom is 0.326 e. The lowest BCUT2D eigenvalue weighted by Crippen LogP contribution is -2.41. The van der Waals surface area contributed by atoms with Crippen molar-refractivity contribution in [1.82, 2.24) is 19.9 Å². The molecule has 0 spiro atoms. The fourth-order valence-electron chi connectivity index (χ4n) is 3.89. The Labute approximate surface area is 227 Å². The van der Waals surface area contributed by atoms with Gasteiger partial charge in [-0.1, -0.05) is 18.2 Å². The third-order valence-corrected chi connectivity index (χ3v) is 7.29. The van der Waals surface area contributed by atoms with Crippen molar-refractivity contribution < 1.29 is 23.8 Å². The van der Waals surface area contributed by atoms with E-state index in [2.05, 4.69) is 15.3 Å². The van der Waals surface area contributed by atoms with Crippen molar-refractivity contribution in [2.45, 2.75) is 25.1 Å². The van der Waals surface area contributed by atoms with Crippen LogP contribution >= 0.6 is 23.1 Å². The number of imidazole rings is 1. The average molecular weight is 555 g/mol. The number of thiazole rings is 1. The number of thioether (sulfide) groups is 1. The molecule has 1 unspecified atom stereocenters. The van der Waals surface area contributed by atoms with Gasteiger partial charge in [-0.2, -0.15) is 11.8 Å². The Bertz CT molecular complexity index is 1330. The van der Waals surface area contributed by atoms with Crippen molar-refractivity contribution in [2.24, 2.45) is 0 Å². The second-order valence-electron chi connectivity index (χ2n) is 8.38. The van der Waals surface area contributed by atoms with Crippen LogP contribution in [0, 0.1) is 5.82 Å². The molecule has 4 aromatic rings. The Kier molecular flexibility index (Phi) is 9.63. The van der Waals surface area contributed by atoms with Crippen LogP contribution in [0.2, 0.25) is 0 Å². The molecule has 0 aliphatic carbocycles. The average Bonchev–Trinajstić information content (AvgIpc) is 3.64. The number of rotatable bonds is 13. The molecule has 0 aliphatic heterocycles. The van der Waals surface area contributed by atoms with Crippen LogP contribution in [0.4, 0.5) is 4.39 Å². The fraction of sp³-hybridized carbons (Fsp3) is 0.259. The summed E-state index contributed by atoms with van der Waals surface area (Å²) in [7, 11) is 0. The number of aliphatic carboxylic acids is 1.